The summed E-state index contributed by atoms with van der Waals surface area (Å²) >= 11 is 3.25. The van der Waals surface area contributed by atoms with E-state index in [1.165, 1.54) is 37.4 Å². The number of halogens is 1. The monoisotopic (exact) mass is 419 g/mol. The smallest absolute Gasteiger partial charge is 0.331 e. The van der Waals surface area contributed by atoms with Crippen LogP contribution in [0.25, 0.3) is 17.4 Å². The highest BCUT2D eigenvalue weighted by Crippen LogP contribution is 2.33. The Morgan fingerprint density at radius 1 is 1.23 bits per heavy atom. The van der Waals surface area contributed by atoms with Crippen molar-refractivity contribution in [2.24, 2.45) is 0 Å². The van der Waals surface area contributed by atoms with Crippen molar-refractivity contribution < 1.29 is 23.7 Å². The standard InChI is InChI=1S/C16H10BrN3O6/c1-19-15(22)11(14(21)18-16(19)23)7-9-3-5-13(26-9)10-4-2-8(20(24)25)6-12(10)17/h2-7H,1H3,(H,18,21,23). The Hall–Kier alpha value is -3.27. The largest absolute Gasteiger partial charge is 0.457 e. The molecule has 132 valence electrons. The molecule has 9 nitrogen and oxygen atoms in total. The second-order valence-electron chi connectivity index (χ2n) is 5.30. The number of nitro benzene ring substituents is 1. The molecule has 10 heteroatoms. The van der Waals surface area contributed by atoms with E-state index >= 15 is 0 Å². The number of barbiturate groups is 1. The second-order valence-corrected chi connectivity index (χ2v) is 6.16. The maximum absolute atomic E-state index is 12.0. The van der Waals surface area contributed by atoms with Gasteiger partial charge < -0.3 is 4.42 Å². The zero-order valence-corrected chi connectivity index (χ0v) is 14.8. The van der Waals surface area contributed by atoms with Crippen LogP contribution in [-0.2, 0) is 9.59 Å². The molecule has 1 saturated heterocycles. The Morgan fingerprint density at radius 3 is 2.62 bits per heavy atom. The number of urea groups is 1. The molecule has 1 aromatic heterocycles. The molecular weight excluding hydrogens is 410 g/mol. The molecule has 1 aromatic carbocycles. The third-order valence-corrected chi connectivity index (χ3v) is 4.30. The minimum atomic E-state index is -0.812. The van der Waals surface area contributed by atoms with Crippen molar-refractivity contribution in [1.29, 1.82) is 0 Å². The van der Waals surface area contributed by atoms with E-state index in [1.807, 2.05) is 5.32 Å². The molecule has 0 atom stereocenters. The van der Waals surface area contributed by atoms with Crippen LogP contribution in [0.5, 0.6) is 0 Å². The summed E-state index contributed by atoms with van der Waals surface area (Å²) in [5.41, 5.74) is 0.245. The number of nitro groups is 1. The van der Waals surface area contributed by atoms with Gasteiger partial charge in [0.2, 0.25) is 0 Å². The van der Waals surface area contributed by atoms with Gasteiger partial charge in [-0.25, -0.2) is 4.79 Å². The first-order valence-electron chi connectivity index (χ1n) is 7.17. The normalized spacial score (nSPS) is 16.2. The van der Waals surface area contributed by atoms with Crippen molar-refractivity contribution >= 4 is 45.5 Å². The van der Waals surface area contributed by atoms with Gasteiger partial charge in [-0.3, -0.25) is 29.9 Å². The molecule has 0 aliphatic carbocycles. The van der Waals surface area contributed by atoms with Crippen molar-refractivity contribution in [3.63, 3.8) is 0 Å². The molecule has 2 aromatic rings. The van der Waals surface area contributed by atoms with E-state index in [4.69, 9.17) is 4.42 Å². The van der Waals surface area contributed by atoms with E-state index < -0.39 is 22.8 Å². The summed E-state index contributed by atoms with van der Waals surface area (Å²) in [6.07, 6.45) is 1.23. The molecule has 0 bridgehead atoms. The summed E-state index contributed by atoms with van der Waals surface area (Å²) in [6.45, 7) is 0. The van der Waals surface area contributed by atoms with Crippen LogP contribution >= 0.6 is 15.9 Å². The third kappa shape index (κ3) is 3.14. The highest BCUT2D eigenvalue weighted by atomic mass is 79.9. The number of hydrogen-bond donors (Lipinski definition) is 1. The Morgan fingerprint density at radius 2 is 1.96 bits per heavy atom. The molecule has 4 amide bonds. The molecule has 3 rings (SSSR count). The molecule has 0 spiro atoms. The van der Waals surface area contributed by atoms with Crippen molar-refractivity contribution in [2.75, 3.05) is 7.05 Å². The van der Waals surface area contributed by atoms with Crippen LogP contribution in [0.15, 0.2) is 44.8 Å². The molecule has 2 heterocycles. The van der Waals surface area contributed by atoms with Gasteiger partial charge in [0.1, 0.15) is 17.1 Å². The van der Waals surface area contributed by atoms with Gasteiger partial charge in [-0.1, -0.05) is 0 Å². The van der Waals surface area contributed by atoms with Gasteiger partial charge in [-0.05, 0) is 40.2 Å². The first kappa shape index (κ1) is 17.5. The lowest BCUT2D eigenvalue weighted by Gasteiger charge is -2.21. The van der Waals surface area contributed by atoms with E-state index in [1.54, 1.807) is 6.07 Å². The summed E-state index contributed by atoms with van der Waals surface area (Å²) in [7, 11) is 1.25. The maximum atomic E-state index is 12.0. The number of benzene rings is 1. The molecule has 0 radical (unpaired) electrons. The second kappa shape index (κ2) is 6.56. The van der Waals surface area contributed by atoms with Crippen LogP contribution in [0.4, 0.5) is 10.5 Å². The van der Waals surface area contributed by atoms with E-state index in [0.29, 0.717) is 15.8 Å². The molecule has 1 fully saturated rings. The highest BCUT2D eigenvalue weighted by Gasteiger charge is 2.33. The van der Waals surface area contributed by atoms with Crippen LogP contribution in [0.1, 0.15) is 5.76 Å². The van der Waals surface area contributed by atoms with Gasteiger partial charge in [0.05, 0.1) is 4.92 Å². The molecule has 0 saturated carbocycles. The number of non-ortho nitro benzene ring substituents is 1. The molecule has 1 aliphatic rings. The van der Waals surface area contributed by atoms with E-state index in [2.05, 4.69) is 15.9 Å². The summed E-state index contributed by atoms with van der Waals surface area (Å²) in [5, 5.41) is 12.8. The predicted octanol–water partition coefficient (Wildman–Crippen LogP) is 2.71. The minimum absolute atomic E-state index is 0.0771. The lowest BCUT2D eigenvalue weighted by atomic mass is 10.1. The van der Waals surface area contributed by atoms with Crippen molar-refractivity contribution in [3.8, 4) is 11.3 Å². The first-order chi connectivity index (χ1) is 12.3. The number of amides is 4. The number of furan rings is 1. The summed E-state index contributed by atoms with van der Waals surface area (Å²) in [4.78, 5) is 46.3. The minimum Gasteiger partial charge on any atom is -0.457 e. The summed E-state index contributed by atoms with van der Waals surface area (Å²) in [6, 6.07) is 6.52. The number of carbonyl (C=O) groups excluding carboxylic acids is 3. The predicted molar refractivity (Wildman–Crippen MR) is 92.8 cm³/mol. The van der Waals surface area contributed by atoms with Crippen LogP contribution in [0.2, 0.25) is 0 Å². The van der Waals surface area contributed by atoms with E-state index in [9.17, 15) is 24.5 Å². The third-order valence-electron chi connectivity index (χ3n) is 3.65. The van der Waals surface area contributed by atoms with E-state index in [-0.39, 0.29) is 17.0 Å². The lowest BCUT2D eigenvalue weighted by molar-refractivity contribution is -0.384. The van der Waals surface area contributed by atoms with Gasteiger partial charge >= 0.3 is 6.03 Å². The van der Waals surface area contributed by atoms with Crippen LogP contribution < -0.4 is 5.32 Å². The Labute approximate surface area is 154 Å². The number of rotatable bonds is 3. The SMILES string of the molecule is CN1C(=O)NC(=O)C(=Cc2ccc(-c3ccc([N+](=O)[O-])cc3Br)o2)C1=O. The molecular formula is C16H10BrN3O6. The fourth-order valence-corrected chi connectivity index (χ4v) is 2.84. The fourth-order valence-electron chi connectivity index (χ4n) is 2.28. The van der Waals surface area contributed by atoms with Gasteiger partial charge in [-0.2, -0.15) is 0 Å². The Bertz CT molecular complexity index is 994. The highest BCUT2D eigenvalue weighted by molar-refractivity contribution is 9.10. The average Bonchev–Trinajstić information content (AvgIpc) is 3.05. The van der Waals surface area contributed by atoms with Crippen LogP contribution in [-0.4, -0.2) is 34.7 Å². The molecule has 0 unspecified atom stereocenters. The molecule has 1 N–H and O–H groups in total. The zero-order valence-electron chi connectivity index (χ0n) is 13.2. The molecule has 1 aliphatic heterocycles. The maximum Gasteiger partial charge on any atom is 0.331 e. The number of likely N-dealkylation sites (N-methyl/N-ethyl adjacent to an activating group) is 1. The van der Waals surface area contributed by atoms with Gasteiger partial charge in [0, 0.05) is 29.2 Å². The Balaban J connectivity index is 1.93. The fraction of sp³-hybridized carbons (Fsp3) is 0.0625. The summed E-state index contributed by atoms with van der Waals surface area (Å²) in [5.74, 6) is -0.959. The number of nitrogens with one attached hydrogen (secondary N) is 1. The quantitative estimate of drug-likeness (QED) is 0.353. The lowest BCUT2D eigenvalue weighted by Crippen LogP contribution is -2.52. The summed E-state index contributed by atoms with van der Waals surface area (Å²) < 4.78 is 6.06. The first-order valence-corrected chi connectivity index (χ1v) is 7.96. The van der Waals surface area contributed by atoms with Crippen molar-refractivity contribution in [2.45, 2.75) is 0 Å². The average molecular weight is 420 g/mol. The van der Waals surface area contributed by atoms with E-state index in [0.717, 1.165) is 4.90 Å². The zero-order chi connectivity index (χ0) is 19.0. The van der Waals surface area contributed by atoms with Crippen LogP contribution in [0.3, 0.4) is 0 Å². The van der Waals surface area contributed by atoms with Crippen molar-refractivity contribution in [3.05, 3.63) is 56.3 Å². The van der Waals surface area contributed by atoms with Gasteiger partial charge in [0.15, 0.2) is 0 Å². The number of carbonyl (C=O) groups is 3. The Kier molecular flexibility index (Phi) is 4.43. The van der Waals surface area contributed by atoms with Crippen molar-refractivity contribution in [1.82, 2.24) is 10.2 Å². The number of nitrogens with zero attached hydrogens (tertiary/aromatic N) is 2. The number of imide groups is 2. The number of hydrogen-bond acceptors (Lipinski definition) is 6. The van der Waals surface area contributed by atoms with Crippen LogP contribution in [0, 0.1) is 10.1 Å². The van der Waals surface area contributed by atoms with Gasteiger partial charge in [-0.15, -0.1) is 0 Å². The van der Waals surface area contributed by atoms with Gasteiger partial charge in [0.25, 0.3) is 17.5 Å². The topological polar surface area (TPSA) is 123 Å². The molecule has 26 heavy (non-hydrogen) atoms.